The molecule has 0 saturated carbocycles. The third kappa shape index (κ3) is 1.25. The molecule has 4 heteroatoms. The van der Waals surface area contributed by atoms with E-state index in [1.807, 2.05) is 13.0 Å². The van der Waals surface area contributed by atoms with E-state index >= 15 is 0 Å². The molecular weight excluding hydrogens is 178 g/mol. The van der Waals surface area contributed by atoms with Crippen molar-refractivity contribution in [2.24, 2.45) is 0 Å². The van der Waals surface area contributed by atoms with Crippen LogP contribution in [0, 0.1) is 6.92 Å². The summed E-state index contributed by atoms with van der Waals surface area (Å²) in [5.41, 5.74) is 1.56. The molecule has 0 fully saturated rings. The Morgan fingerprint density at radius 3 is 3.00 bits per heavy atom. The molecule has 2 N–H and O–H groups in total. The van der Waals surface area contributed by atoms with E-state index < -0.39 is 0 Å². The van der Waals surface area contributed by atoms with Gasteiger partial charge in [-0.25, -0.2) is 4.98 Å². The number of rotatable bonds is 1. The number of aromatic amines is 1. The number of H-pyrrole nitrogens is 1. The fourth-order valence-corrected chi connectivity index (χ4v) is 1.51. The van der Waals surface area contributed by atoms with Crippen LogP contribution in [0.25, 0.3) is 10.9 Å². The van der Waals surface area contributed by atoms with Crippen LogP contribution < -0.4 is 10.9 Å². The summed E-state index contributed by atoms with van der Waals surface area (Å²) in [6, 6.07) is 3.65. The first-order valence-corrected chi connectivity index (χ1v) is 4.39. The number of fused-ring (bicyclic) bond motifs is 1. The van der Waals surface area contributed by atoms with Crippen molar-refractivity contribution in [3.05, 3.63) is 34.2 Å². The van der Waals surface area contributed by atoms with Crippen molar-refractivity contribution in [1.82, 2.24) is 9.97 Å². The van der Waals surface area contributed by atoms with Crippen molar-refractivity contribution in [3.8, 4) is 0 Å². The highest BCUT2D eigenvalue weighted by molar-refractivity contribution is 5.82. The van der Waals surface area contributed by atoms with E-state index in [1.165, 1.54) is 0 Å². The number of hydrogen-bond donors (Lipinski definition) is 2. The highest BCUT2D eigenvalue weighted by Gasteiger charge is 2.04. The fourth-order valence-electron chi connectivity index (χ4n) is 1.51. The van der Waals surface area contributed by atoms with Gasteiger partial charge in [0.25, 0.3) is 5.56 Å². The Kier molecular flexibility index (Phi) is 1.96. The number of nitrogens with one attached hydrogen (secondary N) is 2. The molecule has 0 spiro atoms. The Morgan fingerprint density at radius 2 is 2.29 bits per heavy atom. The second-order valence-electron chi connectivity index (χ2n) is 3.14. The van der Waals surface area contributed by atoms with Crippen LogP contribution in [-0.4, -0.2) is 17.0 Å². The average Bonchev–Trinajstić information content (AvgIpc) is 2.17. The van der Waals surface area contributed by atoms with E-state index in [2.05, 4.69) is 15.3 Å². The molecule has 4 nitrogen and oxygen atoms in total. The molecule has 0 radical (unpaired) electrons. The van der Waals surface area contributed by atoms with Crippen LogP contribution >= 0.6 is 0 Å². The molecule has 0 aliphatic carbocycles. The summed E-state index contributed by atoms with van der Waals surface area (Å²) >= 11 is 0. The predicted molar refractivity (Wildman–Crippen MR) is 56.6 cm³/mol. The van der Waals surface area contributed by atoms with E-state index in [-0.39, 0.29) is 5.56 Å². The summed E-state index contributed by atoms with van der Waals surface area (Å²) in [7, 11) is 1.81. The van der Waals surface area contributed by atoms with Crippen LogP contribution in [0.15, 0.2) is 23.1 Å². The van der Waals surface area contributed by atoms with Gasteiger partial charge < -0.3 is 10.3 Å². The van der Waals surface area contributed by atoms with Crippen molar-refractivity contribution in [2.45, 2.75) is 6.92 Å². The third-order valence-electron chi connectivity index (χ3n) is 2.18. The summed E-state index contributed by atoms with van der Waals surface area (Å²) in [6.07, 6.45) is 1.61. The molecule has 72 valence electrons. The van der Waals surface area contributed by atoms with Gasteiger partial charge in [0.05, 0.1) is 10.9 Å². The molecule has 2 aromatic heterocycles. The number of anilines is 1. The highest BCUT2D eigenvalue weighted by Crippen LogP contribution is 2.15. The van der Waals surface area contributed by atoms with Crippen LogP contribution in [0.1, 0.15) is 5.56 Å². The molecule has 0 unspecified atom stereocenters. The molecule has 2 heterocycles. The van der Waals surface area contributed by atoms with Gasteiger partial charge in [0.2, 0.25) is 0 Å². The molecule has 2 rings (SSSR count). The number of hydrogen-bond acceptors (Lipinski definition) is 3. The van der Waals surface area contributed by atoms with Gasteiger partial charge in [-0.2, -0.15) is 0 Å². The predicted octanol–water partition coefficient (Wildman–Crippen LogP) is 1.27. The van der Waals surface area contributed by atoms with Crippen molar-refractivity contribution in [2.75, 3.05) is 12.4 Å². The third-order valence-corrected chi connectivity index (χ3v) is 2.18. The van der Waals surface area contributed by atoms with Crippen LogP contribution in [0.4, 0.5) is 5.82 Å². The molecule has 2 aromatic rings. The second kappa shape index (κ2) is 3.14. The molecule has 0 atom stereocenters. The maximum absolute atomic E-state index is 11.5. The van der Waals surface area contributed by atoms with E-state index in [4.69, 9.17) is 0 Å². The van der Waals surface area contributed by atoms with Crippen LogP contribution in [0.5, 0.6) is 0 Å². The lowest BCUT2D eigenvalue weighted by molar-refractivity contribution is 1.23. The number of nitrogens with zero attached hydrogens (tertiary/aromatic N) is 1. The Morgan fingerprint density at radius 1 is 1.50 bits per heavy atom. The number of aryl methyl sites for hydroxylation is 1. The quantitative estimate of drug-likeness (QED) is 0.710. The first kappa shape index (κ1) is 8.74. The maximum Gasteiger partial charge on any atom is 0.257 e. The SMILES string of the molecule is CNc1cc(C)c2c(=O)[nH]ccc2n1. The zero-order valence-corrected chi connectivity index (χ0v) is 8.09. The van der Waals surface area contributed by atoms with Gasteiger partial charge in [0.1, 0.15) is 5.82 Å². The summed E-state index contributed by atoms with van der Waals surface area (Å²) in [4.78, 5) is 18.4. The van der Waals surface area contributed by atoms with Gasteiger partial charge in [0, 0.05) is 13.2 Å². The topological polar surface area (TPSA) is 57.8 Å². The van der Waals surface area contributed by atoms with Gasteiger partial charge in [-0.05, 0) is 24.6 Å². The molecule has 0 amide bonds. The van der Waals surface area contributed by atoms with Gasteiger partial charge in [-0.3, -0.25) is 4.79 Å². The first-order chi connectivity index (χ1) is 6.72. The highest BCUT2D eigenvalue weighted by atomic mass is 16.1. The molecule has 0 aliphatic rings. The van der Waals surface area contributed by atoms with Crippen molar-refractivity contribution < 1.29 is 0 Å². The molecule has 14 heavy (non-hydrogen) atoms. The minimum absolute atomic E-state index is 0.0878. The lowest BCUT2D eigenvalue weighted by Crippen LogP contribution is -2.07. The Labute approximate surface area is 81.0 Å². The summed E-state index contributed by atoms with van der Waals surface area (Å²) in [5, 5.41) is 3.61. The summed E-state index contributed by atoms with van der Waals surface area (Å²) in [5.74, 6) is 0.778. The molecule has 0 saturated heterocycles. The zero-order chi connectivity index (χ0) is 10.1. The Balaban J connectivity index is 2.90. The lowest BCUT2D eigenvalue weighted by atomic mass is 10.1. The minimum Gasteiger partial charge on any atom is -0.373 e. The van der Waals surface area contributed by atoms with Crippen molar-refractivity contribution >= 4 is 16.7 Å². The van der Waals surface area contributed by atoms with E-state index in [0.717, 1.165) is 16.9 Å². The molecule has 0 aromatic carbocycles. The number of pyridine rings is 2. The molecular formula is C10H11N3O. The standard InChI is InChI=1S/C10H11N3O/c1-6-5-8(11-2)13-7-3-4-12-10(14)9(6)7/h3-5H,1-2H3,(H,11,13)(H,12,14). The van der Waals surface area contributed by atoms with Gasteiger partial charge in [-0.1, -0.05) is 0 Å². The van der Waals surface area contributed by atoms with Gasteiger partial charge in [-0.15, -0.1) is 0 Å². The Bertz CT molecular complexity index is 530. The van der Waals surface area contributed by atoms with E-state index in [0.29, 0.717) is 5.39 Å². The van der Waals surface area contributed by atoms with Gasteiger partial charge >= 0.3 is 0 Å². The number of aromatic nitrogens is 2. The van der Waals surface area contributed by atoms with E-state index in [9.17, 15) is 4.79 Å². The molecule has 0 bridgehead atoms. The van der Waals surface area contributed by atoms with Crippen LogP contribution in [0.2, 0.25) is 0 Å². The maximum atomic E-state index is 11.5. The normalized spacial score (nSPS) is 10.4. The largest absolute Gasteiger partial charge is 0.373 e. The van der Waals surface area contributed by atoms with Gasteiger partial charge in [0.15, 0.2) is 0 Å². The monoisotopic (exact) mass is 189 g/mol. The summed E-state index contributed by atoms with van der Waals surface area (Å²) in [6.45, 7) is 1.90. The van der Waals surface area contributed by atoms with Crippen molar-refractivity contribution in [1.29, 1.82) is 0 Å². The minimum atomic E-state index is -0.0878. The van der Waals surface area contributed by atoms with Crippen LogP contribution in [0.3, 0.4) is 0 Å². The van der Waals surface area contributed by atoms with Crippen molar-refractivity contribution in [3.63, 3.8) is 0 Å². The second-order valence-corrected chi connectivity index (χ2v) is 3.14. The van der Waals surface area contributed by atoms with E-state index in [1.54, 1.807) is 19.3 Å². The lowest BCUT2D eigenvalue weighted by Gasteiger charge is -2.04. The Hall–Kier alpha value is -1.84. The fraction of sp³-hybridized carbons (Fsp3) is 0.200. The summed E-state index contributed by atoms with van der Waals surface area (Å²) < 4.78 is 0. The molecule has 0 aliphatic heterocycles. The average molecular weight is 189 g/mol. The smallest absolute Gasteiger partial charge is 0.257 e. The van der Waals surface area contributed by atoms with Crippen LogP contribution in [-0.2, 0) is 0 Å². The first-order valence-electron chi connectivity index (χ1n) is 4.39. The zero-order valence-electron chi connectivity index (χ0n) is 8.09.